The third-order valence-electron chi connectivity index (χ3n) is 3.51. The first-order valence-corrected chi connectivity index (χ1v) is 8.82. The van der Waals surface area contributed by atoms with E-state index in [-0.39, 0.29) is 0 Å². The zero-order valence-electron chi connectivity index (χ0n) is 16.2. The lowest BCUT2D eigenvalue weighted by Gasteiger charge is -2.23. The molecule has 0 aliphatic heterocycles. The van der Waals surface area contributed by atoms with E-state index in [0.29, 0.717) is 12.8 Å². The number of hydrogen-bond donors (Lipinski definition) is 3. The first-order chi connectivity index (χ1) is 12.6. The summed E-state index contributed by atoms with van der Waals surface area (Å²) in [5, 5.41) is 14.1. The van der Waals surface area contributed by atoms with Gasteiger partial charge in [0.05, 0.1) is 0 Å². The van der Waals surface area contributed by atoms with E-state index in [2.05, 4.69) is 10.6 Å². The van der Waals surface area contributed by atoms with Gasteiger partial charge in [0.2, 0.25) is 5.91 Å². The molecule has 2 amide bonds. The van der Waals surface area contributed by atoms with Crippen molar-refractivity contribution < 1.29 is 24.2 Å². The highest BCUT2D eigenvalue weighted by Gasteiger charge is 2.22. The summed E-state index contributed by atoms with van der Waals surface area (Å²) >= 11 is 0. The van der Waals surface area contributed by atoms with Crippen LogP contribution in [0, 0.1) is 0 Å². The van der Waals surface area contributed by atoms with Gasteiger partial charge in [0.15, 0.2) is 0 Å². The third-order valence-corrected chi connectivity index (χ3v) is 3.51. The van der Waals surface area contributed by atoms with Gasteiger partial charge in [-0.05, 0) is 46.1 Å². The largest absolute Gasteiger partial charge is 0.478 e. The maximum atomic E-state index is 12.3. The lowest BCUT2D eigenvalue weighted by Crippen LogP contribution is -2.48. The molecule has 148 valence electrons. The molecule has 0 fully saturated rings. The second-order valence-corrected chi connectivity index (χ2v) is 7.20. The Balaban J connectivity index is 2.65. The van der Waals surface area contributed by atoms with Gasteiger partial charge in [-0.1, -0.05) is 36.4 Å². The quantitative estimate of drug-likeness (QED) is 0.605. The second-order valence-electron chi connectivity index (χ2n) is 7.20. The molecule has 27 heavy (non-hydrogen) atoms. The van der Waals surface area contributed by atoms with Crippen molar-refractivity contribution in [1.29, 1.82) is 0 Å². The third kappa shape index (κ3) is 10.0. The van der Waals surface area contributed by atoms with Gasteiger partial charge < -0.3 is 20.5 Å². The number of amides is 2. The Morgan fingerprint density at radius 1 is 1.15 bits per heavy atom. The Labute approximate surface area is 159 Å². The molecule has 0 aliphatic rings. The minimum Gasteiger partial charge on any atom is -0.478 e. The summed E-state index contributed by atoms with van der Waals surface area (Å²) in [6.07, 6.45) is 2.94. The van der Waals surface area contributed by atoms with E-state index in [1.54, 1.807) is 20.8 Å². The molecule has 3 N–H and O–H groups in total. The summed E-state index contributed by atoms with van der Waals surface area (Å²) in [4.78, 5) is 34.9. The summed E-state index contributed by atoms with van der Waals surface area (Å²) in [5.74, 6) is -1.51. The van der Waals surface area contributed by atoms with Crippen LogP contribution in [0.15, 0.2) is 42.5 Å². The molecular weight excluding hydrogens is 348 g/mol. The Hall–Kier alpha value is -2.83. The van der Waals surface area contributed by atoms with Gasteiger partial charge in [-0.2, -0.15) is 0 Å². The van der Waals surface area contributed by atoms with E-state index in [9.17, 15) is 14.4 Å². The predicted octanol–water partition coefficient (Wildman–Crippen LogP) is 2.66. The summed E-state index contributed by atoms with van der Waals surface area (Å²) in [5.41, 5.74) is 0.420. The van der Waals surface area contributed by atoms with Crippen LogP contribution in [-0.4, -0.2) is 40.8 Å². The molecule has 1 aromatic rings. The van der Waals surface area contributed by atoms with Gasteiger partial charge >= 0.3 is 12.1 Å². The second kappa shape index (κ2) is 10.4. The summed E-state index contributed by atoms with van der Waals surface area (Å²) in [6, 6.07) is 8.39. The van der Waals surface area contributed by atoms with Crippen LogP contribution in [0.2, 0.25) is 0 Å². The average Bonchev–Trinajstić information content (AvgIpc) is 2.56. The Bertz CT molecular complexity index is 665. The van der Waals surface area contributed by atoms with Gasteiger partial charge in [0.1, 0.15) is 11.6 Å². The minimum absolute atomic E-state index is 0.422. The Morgan fingerprint density at radius 3 is 2.33 bits per heavy atom. The van der Waals surface area contributed by atoms with E-state index in [4.69, 9.17) is 9.84 Å². The van der Waals surface area contributed by atoms with Gasteiger partial charge in [-0.25, -0.2) is 9.59 Å². The summed E-state index contributed by atoms with van der Waals surface area (Å²) in [7, 11) is 0. The molecule has 0 bridgehead atoms. The molecule has 0 spiro atoms. The molecule has 7 nitrogen and oxygen atoms in total. The SMILES string of the molecule is CC(NC(=O)OC(C)(C)C)C(=O)NC(C=CC(=O)O)CCc1ccccc1. The number of alkyl carbamates (subject to hydrolysis) is 1. The molecule has 1 rings (SSSR count). The molecule has 0 aliphatic carbocycles. The number of rotatable bonds is 8. The van der Waals surface area contributed by atoms with Crippen molar-refractivity contribution in [3.63, 3.8) is 0 Å². The highest BCUT2D eigenvalue weighted by molar-refractivity contribution is 5.86. The highest BCUT2D eigenvalue weighted by Crippen LogP contribution is 2.08. The number of hydrogen-bond acceptors (Lipinski definition) is 4. The van der Waals surface area contributed by atoms with Crippen LogP contribution in [0.1, 0.15) is 39.7 Å². The number of aliphatic carboxylic acids is 1. The predicted molar refractivity (Wildman–Crippen MR) is 102 cm³/mol. The highest BCUT2D eigenvalue weighted by atomic mass is 16.6. The molecule has 0 aromatic heterocycles. The lowest BCUT2D eigenvalue weighted by molar-refractivity contribution is -0.131. The normalized spacial score (nSPS) is 13.6. The van der Waals surface area contributed by atoms with Gasteiger partial charge in [0.25, 0.3) is 0 Å². The number of carboxylic acids is 1. The van der Waals surface area contributed by atoms with Crippen molar-refractivity contribution in [1.82, 2.24) is 10.6 Å². The van der Waals surface area contributed by atoms with Crippen molar-refractivity contribution >= 4 is 18.0 Å². The maximum Gasteiger partial charge on any atom is 0.408 e. The smallest absolute Gasteiger partial charge is 0.408 e. The van der Waals surface area contributed by atoms with E-state index in [0.717, 1.165) is 11.6 Å². The topological polar surface area (TPSA) is 105 Å². The number of aryl methyl sites for hydroxylation is 1. The van der Waals surface area contributed by atoms with Crippen molar-refractivity contribution in [2.24, 2.45) is 0 Å². The van der Waals surface area contributed by atoms with Crippen LogP contribution >= 0.6 is 0 Å². The Morgan fingerprint density at radius 2 is 1.78 bits per heavy atom. The van der Waals surface area contributed by atoms with Gasteiger partial charge in [0, 0.05) is 12.1 Å². The number of nitrogens with one attached hydrogen (secondary N) is 2. The standard InChI is InChI=1S/C20H28N2O5/c1-14(21-19(26)27-20(2,3)4)18(25)22-16(12-13-17(23)24)11-10-15-8-6-5-7-9-15/h5-9,12-14,16H,10-11H2,1-4H3,(H,21,26)(H,22,25)(H,23,24). The van der Waals surface area contributed by atoms with Crippen molar-refractivity contribution in [3.05, 3.63) is 48.0 Å². The maximum absolute atomic E-state index is 12.3. The minimum atomic E-state index is -1.09. The van der Waals surface area contributed by atoms with Crippen LogP contribution in [0.25, 0.3) is 0 Å². The number of ether oxygens (including phenoxy) is 1. The van der Waals surface area contributed by atoms with Crippen LogP contribution in [0.4, 0.5) is 4.79 Å². The fourth-order valence-electron chi connectivity index (χ4n) is 2.24. The lowest BCUT2D eigenvalue weighted by atomic mass is 10.0. The number of carbonyl (C=O) groups is 3. The summed E-state index contributed by atoms with van der Waals surface area (Å²) < 4.78 is 5.13. The fraction of sp³-hybridized carbons (Fsp3) is 0.450. The molecule has 1 aromatic carbocycles. The van der Waals surface area contributed by atoms with Crippen LogP contribution in [0.3, 0.4) is 0 Å². The van der Waals surface area contributed by atoms with Crippen LogP contribution in [-0.2, 0) is 20.7 Å². The van der Waals surface area contributed by atoms with Gasteiger partial charge in [-0.3, -0.25) is 4.79 Å². The molecule has 0 saturated heterocycles. The molecule has 0 heterocycles. The fourth-order valence-corrected chi connectivity index (χ4v) is 2.24. The molecular formula is C20H28N2O5. The van der Waals surface area contributed by atoms with Crippen LogP contribution < -0.4 is 10.6 Å². The zero-order chi connectivity index (χ0) is 20.4. The number of carboxylic acid groups (broad SMARTS) is 1. The molecule has 2 atom stereocenters. The van der Waals surface area contributed by atoms with E-state index < -0.39 is 35.7 Å². The molecule has 2 unspecified atom stereocenters. The van der Waals surface area contributed by atoms with E-state index in [1.807, 2.05) is 30.3 Å². The molecule has 0 saturated carbocycles. The van der Waals surface area contributed by atoms with Gasteiger partial charge in [-0.15, -0.1) is 0 Å². The van der Waals surface area contributed by atoms with Crippen LogP contribution in [0.5, 0.6) is 0 Å². The monoisotopic (exact) mass is 376 g/mol. The van der Waals surface area contributed by atoms with Crippen molar-refractivity contribution in [2.45, 2.75) is 58.2 Å². The first kappa shape index (κ1) is 22.2. The van der Waals surface area contributed by atoms with Crippen molar-refractivity contribution in [3.8, 4) is 0 Å². The average molecular weight is 376 g/mol. The van der Waals surface area contributed by atoms with E-state index >= 15 is 0 Å². The summed E-state index contributed by atoms with van der Waals surface area (Å²) in [6.45, 7) is 6.73. The zero-order valence-corrected chi connectivity index (χ0v) is 16.2. The molecule has 7 heteroatoms. The van der Waals surface area contributed by atoms with E-state index in [1.165, 1.54) is 13.0 Å². The Kier molecular flexibility index (Phi) is 8.51. The van der Waals surface area contributed by atoms with Crippen molar-refractivity contribution in [2.75, 3.05) is 0 Å². The number of benzene rings is 1. The first-order valence-electron chi connectivity index (χ1n) is 8.82. The molecule has 0 radical (unpaired) electrons. The number of carbonyl (C=O) groups excluding carboxylic acids is 2.